The molecule has 0 aliphatic heterocycles. The van der Waals surface area contributed by atoms with Gasteiger partial charge in [-0.1, -0.05) is 42.4 Å². The van der Waals surface area contributed by atoms with Gasteiger partial charge >= 0.3 is 0 Å². The van der Waals surface area contributed by atoms with E-state index >= 15 is 0 Å². The van der Waals surface area contributed by atoms with Crippen molar-refractivity contribution in [3.8, 4) is 17.1 Å². The molecule has 2 N–H and O–H groups in total. The number of pyridine rings is 1. The van der Waals surface area contributed by atoms with E-state index in [-0.39, 0.29) is 25.2 Å². The van der Waals surface area contributed by atoms with Crippen LogP contribution in [0.3, 0.4) is 0 Å². The molecule has 7 heteroatoms. The third kappa shape index (κ3) is 4.55. The molecule has 0 radical (unpaired) electrons. The van der Waals surface area contributed by atoms with E-state index in [4.69, 9.17) is 9.26 Å². The fourth-order valence-corrected chi connectivity index (χ4v) is 2.68. The predicted molar refractivity (Wildman–Crippen MR) is 104 cm³/mol. The Kier molecular flexibility index (Phi) is 6.39. The van der Waals surface area contributed by atoms with E-state index in [0.717, 1.165) is 16.8 Å². The summed E-state index contributed by atoms with van der Waals surface area (Å²) in [4.78, 5) is 16.3. The van der Waals surface area contributed by atoms with Gasteiger partial charge in [0.15, 0.2) is 0 Å². The number of nitrogens with zero attached hydrogens (tertiary/aromatic N) is 2. The highest BCUT2D eigenvalue weighted by molar-refractivity contribution is 5.94. The van der Waals surface area contributed by atoms with Crippen LogP contribution in [0.5, 0.6) is 5.88 Å². The molecular formula is C21H23N3O4. The standard InChI is InChI=1S/C21H23N3O4/c1-3-17(12-25)23-21(26)16-9-10-19(22-11-16)27-13-18-14(2)28-24-20(18)15-7-5-4-6-8-15/h4-11,17,25H,3,12-13H2,1-2H3,(H,23,26)/t17-/m0/s1. The average molecular weight is 381 g/mol. The van der Waals surface area contributed by atoms with Gasteiger partial charge in [0.1, 0.15) is 18.1 Å². The van der Waals surface area contributed by atoms with Gasteiger partial charge in [0, 0.05) is 17.8 Å². The van der Waals surface area contributed by atoms with Gasteiger partial charge in [-0.25, -0.2) is 4.98 Å². The Morgan fingerprint density at radius 3 is 2.68 bits per heavy atom. The second kappa shape index (κ2) is 9.14. The summed E-state index contributed by atoms with van der Waals surface area (Å²) >= 11 is 0. The number of carbonyl (C=O) groups excluding carboxylic acids is 1. The predicted octanol–water partition coefficient (Wildman–Crippen LogP) is 3.12. The Labute approximate surface area is 163 Å². The summed E-state index contributed by atoms with van der Waals surface area (Å²) in [6.07, 6.45) is 2.10. The topological polar surface area (TPSA) is 97.5 Å². The van der Waals surface area contributed by atoms with E-state index in [1.807, 2.05) is 44.2 Å². The minimum absolute atomic E-state index is 0.0985. The van der Waals surface area contributed by atoms with E-state index in [0.29, 0.717) is 23.6 Å². The number of nitrogens with one attached hydrogen (secondary N) is 1. The number of aliphatic hydroxyl groups excluding tert-OH is 1. The van der Waals surface area contributed by atoms with Crippen LogP contribution < -0.4 is 10.1 Å². The van der Waals surface area contributed by atoms with Crippen molar-refractivity contribution in [1.29, 1.82) is 0 Å². The van der Waals surface area contributed by atoms with Crippen LogP contribution in [-0.4, -0.2) is 33.8 Å². The molecule has 2 heterocycles. The fourth-order valence-electron chi connectivity index (χ4n) is 2.68. The molecule has 0 spiro atoms. The molecule has 0 saturated heterocycles. The summed E-state index contributed by atoms with van der Waals surface area (Å²) in [5.41, 5.74) is 2.95. The van der Waals surface area contributed by atoms with E-state index in [9.17, 15) is 9.90 Å². The highest BCUT2D eigenvalue weighted by Crippen LogP contribution is 2.26. The molecule has 0 fully saturated rings. The van der Waals surface area contributed by atoms with E-state index in [2.05, 4.69) is 15.5 Å². The molecule has 3 aromatic rings. The molecule has 0 unspecified atom stereocenters. The second-order valence-corrected chi connectivity index (χ2v) is 6.37. The van der Waals surface area contributed by atoms with Crippen molar-refractivity contribution in [3.05, 3.63) is 65.5 Å². The first-order valence-electron chi connectivity index (χ1n) is 9.13. The van der Waals surface area contributed by atoms with Crippen molar-refractivity contribution < 1.29 is 19.2 Å². The molecule has 3 rings (SSSR count). The van der Waals surface area contributed by atoms with Crippen molar-refractivity contribution in [2.75, 3.05) is 6.61 Å². The number of benzene rings is 1. The van der Waals surface area contributed by atoms with E-state index in [1.54, 1.807) is 12.1 Å². The monoisotopic (exact) mass is 381 g/mol. The van der Waals surface area contributed by atoms with Crippen LogP contribution >= 0.6 is 0 Å². The second-order valence-electron chi connectivity index (χ2n) is 6.37. The summed E-state index contributed by atoms with van der Waals surface area (Å²) in [6.45, 7) is 3.89. The molecule has 28 heavy (non-hydrogen) atoms. The lowest BCUT2D eigenvalue weighted by molar-refractivity contribution is 0.0914. The molecule has 7 nitrogen and oxygen atoms in total. The maximum absolute atomic E-state index is 12.2. The summed E-state index contributed by atoms with van der Waals surface area (Å²) < 4.78 is 11.1. The Bertz CT molecular complexity index is 903. The Hall–Kier alpha value is -3.19. The molecule has 146 valence electrons. The van der Waals surface area contributed by atoms with Crippen molar-refractivity contribution in [1.82, 2.24) is 15.5 Å². The van der Waals surface area contributed by atoms with Gasteiger partial charge in [0.2, 0.25) is 5.88 Å². The van der Waals surface area contributed by atoms with Gasteiger partial charge in [0.05, 0.1) is 23.8 Å². The molecular weight excluding hydrogens is 358 g/mol. The van der Waals surface area contributed by atoms with Crippen LogP contribution in [0.15, 0.2) is 53.2 Å². The van der Waals surface area contributed by atoms with Crippen molar-refractivity contribution in [3.63, 3.8) is 0 Å². The number of rotatable bonds is 8. The van der Waals surface area contributed by atoms with Crippen LogP contribution in [0.25, 0.3) is 11.3 Å². The van der Waals surface area contributed by atoms with Crippen molar-refractivity contribution in [2.24, 2.45) is 0 Å². The Balaban J connectivity index is 1.66. The summed E-state index contributed by atoms with van der Waals surface area (Å²) in [5.74, 6) is 0.802. The van der Waals surface area contributed by atoms with Gasteiger partial charge in [-0.15, -0.1) is 0 Å². The largest absolute Gasteiger partial charge is 0.473 e. The average Bonchev–Trinajstić information content (AvgIpc) is 3.11. The third-order valence-electron chi connectivity index (χ3n) is 4.44. The number of hydrogen-bond acceptors (Lipinski definition) is 6. The van der Waals surface area contributed by atoms with E-state index < -0.39 is 0 Å². The number of carbonyl (C=O) groups is 1. The third-order valence-corrected chi connectivity index (χ3v) is 4.44. The first-order chi connectivity index (χ1) is 13.6. The molecule has 2 aromatic heterocycles. The molecule has 0 aliphatic rings. The zero-order chi connectivity index (χ0) is 19.9. The maximum atomic E-state index is 12.2. The number of aliphatic hydroxyl groups is 1. The zero-order valence-corrected chi connectivity index (χ0v) is 15.9. The smallest absolute Gasteiger partial charge is 0.253 e. The molecule has 1 aromatic carbocycles. The molecule has 0 bridgehead atoms. The van der Waals surface area contributed by atoms with Crippen LogP contribution in [0.1, 0.15) is 35.0 Å². The number of ether oxygens (including phenoxy) is 1. The van der Waals surface area contributed by atoms with Gasteiger partial charge in [-0.2, -0.15) is 0 Å². The van der Waals surface area contributed by atoms with Crippen LogP contribution in [0.2, 0.25) is 0 Å². The minimum Gasteiger partial charge on any atom is -0.473 e. The molecule has 0 aliphatic carbocycles. The van der Waals surface area contributed by atoms with Crippen LogP contribution in [0.4, 0.5) is 0 Å². The maximum Gasteiger partial charge on any atom is 0.253 e. The van der Waals surface area contributed by atoms with Gasteiger partial charge < -0.3 is 19.7 Å². The number of hydrogen-bond donors (Lipinski definition) is 2. The van der Waals surface area contributed by atoms with Gasteiger partial charge in [-0.3, -0.25) is 4.79 Å². The Morgan fingerprint density at radius 1 is 1.25 bits per heavy atom. The molecule has 1 atom stereocenters. The highest BCUT2D eigenvalue weighted by Gasteiger charge is 2.16. The number of aryl methyl sites for hydroxylation is 1. The lowest BCUT2D eigenvalue weighted by Gasteiger charge is -2.13. The number of amides is 1. The van der Waals surface area contributed by atoms with Crippen molar-refractivity contribution >= 4 is 5.91 Å². The van der Waals surface area contributed by atoms with Crippen LogP contribution in [0, 0.1) is 6.92 Å². The van der Waals surface area contributed by atoms with Gasteiger partial charge in [-0.05, 0) is 19.4 Å². The normalized spacial score (nSPS) is 11.8. The SMILES string of the molecule is CC[C@@H](CO)NC(=O)c1ccc(OCc2c(-c3ccccc3)noc2C)nc1. The molecule has 1 amide bonds. The lowest BCUT2D eigenvalue weighted by Crippen LogP contribution is -2.36. The van der Waals surface area contributed by atoms with Gasteiger partial charge in [0.25, 0.3) is 5.91 Å². The molecule has 0 saturated carbocycles. The van der Waals surface area contributed by atoms with E-state index in [1.165, 1.54) is 6.20 Å². The highest BCUT2D eigenvalue weighted by atomic mass is 16.5. The minimum atomic E-state index is -0.277. The summed E-state index contributed by atoms with van der Waals surface area (Å²) in [5, 5.41) is 16.1. The summed E-state index contributed by atoms with van der Waals surface area (Å²) in [7, 11) is 0. The lowest BCUT2D eigenvalue weighted by atomic mass is 10.1. The number of aromatic nitrogens is 2. The zero-order valence-electron chi connectivity index (χ0n) is 15.9. The van der Waals surface area contributed by atoms with Crippen LogP contribution in [-0.2, 0) is 6.61 Å². The first kappa shape index (κ1) is 19.6. The Morgan fingerprint density at radius 2 is 2.04 bits per heavy atom. The quantitative estimate of drug-likeness (QED) is 0.622. The first-order valence-corrected chi connectivity index (χ1v) is 9.13. The summed E-state index contributed by atoms with van der Waals surface area (Å²) in [6, 6.07) is 12.8. The fraction of sp³-hybridized carbons (Fsp3) is 0.286. The van der Waals surface area contributed by atoms with Crippen molar-refractivity contribution in [2.45, 2.75) is 32.9 Å².